The minimum atomic E-state index is -3.42. The van der Waals surface area contributed by atoms with Crippen LogP contribution in [0.1, 0.15) is 25.8 Å². The van der Waals surface area contributed by atoms with Crippen LogP contribution in [0.25, 0.3) is 0 Å². The normalized spacial score (nSPS) is 25.5. The summed E-state index contributed by atoms with van der Waals surface area (Å²) in [6.45, 7) is 2.94. The molecule has 10 nitrogen and oxygen atoms in total. The number of nitrogens with zero attached hydrogens (tertiary/aromatic N) is 2. The maximum Gasteiger partial charge on any atom is 0.325 e. The second-order valence-electron chi connectivity index (χ2n) is 7.98. The second-order valence-corrected chi connectivity index (χ2v) is 12.2. The average molecular weight is 472 g/mol. The summed E-state index contributed by atoms with van der Waals surface area (Å²) in [5.74, 6) is -1.28. The van der Waals surface area contributed by atoms with E-state index >= 15 is 0 Å². The van der Waals surface area contributed by atoms with Crippen molar-refractivity contribution in [3.05, 3.63) is 29.8 Å². The topological polar surface area (TPSA) is 138 Å². The Hall–Kier alpha value is -2.47. The van der Waals surface area contributed by atoms with E-state index in [9.17, 15) is 31.2 Å². The van der Waals surface area contributed by atoms with Crippen molar-refractivity contribution >= 4 is 37.5 Å². The number of sulfone groups is 2. The van der Waals surface area contributed by atoms with Crippen molar-refractivity contribution < 1.29 is 31.2 Å². The molecule has 0 bridgehead atoms. The standard InChI is InChI=1S/C19H25N3O7S2/c1-4-21(14-9-10-31(28,29)12-14)16(23)11-22-17(24)19(2,20-18(22)25)13-5-7-15(8-6-13)30(3,26)27/h5-8,14H,4,9-12H2,1-3H3,(H,20,25)/t14-,19+/m0/s1. The van der Waals surface area contributed by atoms with E-state index in [0.29, 0.717) is 12.0 Å². The Balaban J connectivity index is 1.78. The SMILES string of the molecule is CCN(C(=O)CN1C(=O)N[C@](C)(c2ccc(S(C)(=O)=O)cc2)C1=O)[C@H]1CCS(=O)(=O)C1. The van der Waals surface area contributed by atoms with Crippen LogP contribution >= 0.6 is 0 Å². The quantitative estimate of drug-likeness (QED) is 0.572. The van der Waals surface area contributed by atoms with Crippen LogP contribution in [0.15, 0.2) is 29.2 Å². The van der Waals surface area contributed by atoms with Gasteiger partial charge < -0.3 is 10.2 Å². The number of carbonyl (C=O) groups is 3. The molecule has 12 heteroatoms. The van der Waals surface area contributed by atoms with Gasteiger partial charge in [0.2, 0.25) is 5.91 Å². The first-order valence-electron chi connectivity index (χ1n) is 9.73. The molecule has 2 aliphatic rings. The highest BCUT2D eigenvalue weighted by atomic mass is 32.2. The molecule has 3 rings (SSSR count). The Morgan fingerprint density at radius 1 is 1.26 bits per heavy atom. The molecular weight excluding hydrogens is 446 g/mol. The minimum absolute atomic E-state index is 0.00608. The molecule has 2 fully saturated rings. The van der Waals surface area contributed by atoms with Gasteiger partial charge in [-0.05, 0) is 38.0 Å². The highest BCUT2D eigenvalue weighted by Crippen LogP contribution is 2.30. The monoisotopic (exact) mass is 471 g/mol. The fourth-order valence-corrected chi connectivity index (χ4v) is 6.32. The summed E-state index contributed by atoms with van der Waals surface area (Å²) in [7, 11) is -6.62. The van der Waals surface area contributed by atoms with Crippen molar-refractivity contribution in [2.24, 2.45) is 0 Å². The molecular formula is C19H25N3O7S2. The molecule has 2 saturated heterocycles. The van der Waals surface area contributed by atoms with Crippen LogP contribution in [0.5, 0.6) is 0 Å². The first-order valence-corrected chi connectivity index (χ1v) is 13.4. The van der Waals surface area contributed by atoms with Gasteiger partial charge in [-0.25, -0.2) is 21.6 Å². The molecule has 0 saturated carbocycles. The van der Waals surface area contributed by atoms with Gasteiger partial charge in [0.05, 0.1) is 16.4 Å². The molecule has 31 heavy (non-hydrogen) atoms. The van der Waals surface area contributed by atoms with E-state index < -0.39 is 55.6 Å². The molecule has 0 aromatic heterocycles. The number of hydrogen-bond acceptors (Lipinski definition) is 7. The van der Waals surface area contributed by atoms with Crippen molar-refractivity contribution in [3.8, 4) is 0 Å². The van der Waals surface area contributed by atoms with E-state index in [2.05, 4.69) is 5.32 Å². The summed E-state index contributed by atoms with van der Waals surface area (Å²) < 4.78 is 46.8. The number of nitrogens with one attached hydrogen (secondary N) is 1. The summed E-state index contributed by atoms with van der Waals surface area (Å²) in [4.78, 5) is 40.6. The number of urea groups is 1. The Kier molecular flexibility index (Phi) is 5.91. The third-order valence-electron chi connectivity index (χ3n) is 5.74. The molecule has 4 amide bonds. The predicted octanol–water partition coefficient (Wildman–Crippen LogP) is -0.107. The van der Waals surface area contributed by atoms with Gasteiger partial charge in [0, 0.05) is 18.8 Å². The maximum atomic E-state index is 13.0. The lowest BCUT2D eigenvalue weighted by Gasteiger charge is -2.28. The molecule has 0 aliphatic carbocycles. The lowest BCUT2D eigenvalue weighted by atomic mass is 9.92. The first-order chi connectivity index (χ1) is 14.3. The number of likely N-dealkylation sites (N-methyl/N-ethyl adjacent to an activating group) is 1. The number of rotatable bonds is 6. The first kappa shape index (κ1) is 23.2. The van der Waals surface area contributed by atoms with Crippen molar-refractivity contribution in [3.63, 3.8) is 0 Å². The van der Waals surface area contributed by atoms with Crippen LogP contribution in [-0.4, -0.2) is 81.4 Å². The summed E-state index contributed by atoms with van der Waals surface area (Å²) >= 11 is 0. The van der Waals surface area contributed by atoms with Crippen LogP contribution in [0.3, 0.4) is 0 Å². The van der Waals surface area contributed by atoms with Crippen LogP contribution in [0, 0.1) is 0 Å². The molecule has 0 radical (unpaired) electrons. The molecule has 1 aromatic rings. The molecule has 170 valence electrons. The number of carbonyl (C=O) groups excluding carboxylic acids is 3. The van der Waals surface area contributed by atoms with Gasteiger partial charge in [-0.2, -0.15) is 0 Å². The third kappa shape index (κ3) is 4.45. The number of hydrogen-bond donors (Lipinski definition) is 1. The van der Waals surface area contributed by atoms with Gasteiger partial charge in [0.25, 0.3) is 5.91 Å². The smallest absolute Gasteiger partial charge is 0.325 e. The number of benzene rings is 1. The third-order valence-corrected chi connectivity index (χ3v) is 8.62. The van der Waals surface area contributed by atoms with E-state index in [4.69, 9.17) is 0 Å². The van der Waals surface area contributed by atoms with Crippen molar-refractivity contribution in [1.82, 2.24) is 15.1 Å². The molecule has 1 N–H and O–H groups in total. The van der Waals surface area contributed by atoms with Gasteiger partial charge in [-0.3, -0.25) is 14.5 Å². The Labute approximate surface area is 181 Å². The lowest BCUT2D eigenvalue weighted by Crippen LogP contribution is -2.48. The van der Waals surface area contributed by atoms with Crippen LogP contribution in [0.4, 0.5) is 4.79 Å². The number of imide groups is 1. The van der Waals surface area contributed by atoms with Crippen LogP contribution in [0.2, 0.25) is 0 Å². The lowest BCUT2D eigenvalue weighted by molar-refractivity contribution is -0.139. The maximum absolute atomic E-state index is 13.0. The fourth-order valence-electron chi connectivity index (χ4n) is 3.96. The van der Waals surface area contributed by atoms with Gasteiger partial charge in [0.1, 0.15) is 12.1 Å². The summed E-state index contributed by atoms with van der Waals surface area (Å²) in [6.07, 6.45) is 1.39. The van der Waals surface area contributed by atoms with Gasteiger partial charge in [0.15, 0.2) is 19.7 Å². The Morgan fingerprint density at radius 2 is 1.87 bits per heavy atom. The molecule has 0 spiro atoms. The average Bonchev–Trinajstić information content (AvgIpc) is 3.14. The molecule has 1 aromatic carbocycles. The zero-order valence-electron chi connectivity index (χ0n) is 17.5. The van der Waals surface area contributed by atoms with Crippen molar-refractivity contribution in [2.75, 3.05) is 30.9 Å². The molecule has 2 aliphatic heterocycles. The predicted molar refractivity (Wildman–Crippen MR) is 112 cm³/mol. The highest BCUT2D eigenvalue weighted by molar-refractivity contribution is 7.91. The molecule has 2 atom stereocenters. The molecule has 2 heterocycles. The molecule has 0 unspecified atom stereocenters. The fraction of sp³-hybridized carbons (Fsp3) is 0.526. The largest absolute Gasteiger partial charge is 0.337 e. The van der Waals surface area contributed by atoms with Crippen LogP contribution < -0.4 is 5.32 Å². The summed E-state index contributed by atoms with van der Waals surface area (Å²) in [5.41, 5.74) is -1.08. The summed E-state index contributed by atoms with van der Waals surface area (Å²) in [5, 5.41) is 2.57. The zero-order valence-corrected chi connectivity index (χ0v) is 19.1. The summed E-state index contributed by atoms with van der Waals surface area (Å²) in [6, 6.07) is 4.37. The zero-order chi connectivity index (χ0) is 23.2. The second kappa shape index (κ2) is 7.90. The van der Waals surface area contributed by atoms with Gasteiger partial charge in [-0.1, -0.05) is 12.1 Å². The Bertz CT molecular complexity index is 1130. The van der Waals surface area contributed by atoms with Crippen molar-refractivity contribution in [2.45, 2.75) is 36.7 Å². The van der Waals surface area contributed by atoms with Gasteiger partial charge >= 0.3 is 6.03 Å². The van der Waals surface area contributed by atoms with Gasteiger partial charge in [-0.15, -0.1) is 0 Å². The van der Waals surface area contributed by atoms with E-state index in [0.717, 1.165) is 11.2 Å². The van der Waals surface area contributed by atoms with E-state index in [1.165, 1.54) is 36.1 Å². The Morgan fingerprint density at radius 3 is 2.35 bits per heavy atom. The van der Waals surface area contributed by atoms with E-state index in [1.807, 2.05) is 0 Å². The number of amides is 4. The van der Waals surface area contributed by atoms with Crippen LogP contribution in [-0.2, 0) is 34.8 Å². The highest BCUT2D eigenvalue weighted by Gasteiger charge is 2.50. The van der Waals surface area contributed by atoms with E-state index in [1.54, 1.807) is 6.92 Å². The van der Waals surface area contributed by atoms with E-state index in [-0.39, 0.29) is 22.9 Å². The van der Waals surface area contributed by atoms with Crippen molar-refractivity contribution in [1.29, 1.82) is 0 Å². The minimum Gasteiger partial charge on any atom is -0.337 e.